The second-order valence-electron chi connectivity index (χ2n) is 1.63. The van der Waals surface area contributed by atoms with Crippen LogP contribution in [-0.2, 0) is 0 Å². The van der Waals surface area contributed by atoms with E-state index in [9.17, 15) is 0 Å². The Balaban J connectivity index is 4.00. The maximum absolute atomic E-state index is 8.74. The molecule has 0 aliphatic rings. The summed E-state index contributed by atoms with van der Waals surface area (Å²) in [4.78, 5) is 3.37. The van der Waals surface area contributed by atoms with Crippen molar-refractivity contribution in [3.05, 3.63) is 24.1 Å². The Morgan fingerprint density at radius 3 is 2.67 bits per heavy atom. The van der Waals surface area contributed by atoms with Gasteiger partial charge in [0.2, 0.25) is 5.88 Å². The zero-order valence-electron chi connectivity index (χ0n) is 5.33. The first kappa shape index (κ1) is 7.75. The van der Waals surface area contributed by atoms with Gasteiger partial charge in [0.15, 0.2) is 0 Å². The van der Waals surface area contributed by atoms with Crippen molar-refractivity contribution in [3.63, 3.8) is 0 Å². The van der Waals surface area contributed by atoms with Crippen LogP contribution in [0.1, 0.15) is 6.92 Å². The van der Waals surface area contributed by atoms with Gasteiger partial charge in [-0.15, -0.1) is 0 Å². The van der Waals surface area contributed by atoms with E-state index in [-0.39, 0.29) is 5.88 Å². The molecule has 0 saturated heterocycles. The Hall–Kier alpha value is -1.25. The summed E-state index contributed by atoms with van der Waals surface area (Å²) in [5.41, 5.74) is 5.62. The van der Waals surface area contributed by atoms with Gasteiger partial charge in [-0.25, -0.2) is 4.99 Å². The number of nitrogens with zero attached hydrogens (tertiary/aromatic N) is 1. The molecule has 0 aromatic rings. The van der Waals surface area contributed by atoms with Gasteiger partial charge in [0.1, 0.15) is 0 Å². The highest BCUT2D eigenvalue weighted by Crippen LogP contribution is 1.95. The van der Waals surface area contributed by atoms with E-state index in [1.807, 2.05) is 0 Å². The number of nitrogens with two attached hydrogens (primary N) is 1. The summed E-state index contributed by atoms with van der Waals surface area (Å²) in [5, 5.41) is 8.74. The predicted molar refractivity (Wildman–Crippen MR) is 38.2 cm³/mol. The standard InChI is InChI=1S/C6H10N2O/c1-5(2)3-6(9)8-4-7/h3-4,9H,1H2,2H3,(H2,7,8)/b6-3+. The molecule has 0 bridgehead atoms. The Kier molecular flexibility index (Phi) is 3.20. The first-order chi connectivity index (χ1) is 4.16. The Morgan fingerprint density at radius 2 is 2.33 bits per heavy atom. The van der Waals surface area contributed by atoms with Crippen LogP contribution in [0.25, 0.3) is 0 Å². The van der Waals surface area contributed by atoms with Crippen LogP contribution in [-0.4, -0.2) is 11.4 Å². The van der Waals surface area contributed by atoms with Gasteiger partial charge in [0, 0.05) is 6.08 Å². The summed E-state index contributed by atoms with van der Waals surface area (Å²) < 4.78 is 0. The molecule has 0 aliphatic heterocycles. The quantitative estimate of drug-likeness (QED) is 0.250. The van der Waals surface area contributed by atoms with Crippen molar-refractivity contribution in [1.82, 2.24) is 0 Å². The predicted octanol–water partition coefficient (Wildman–Crippen LogP) is 0.949. The average Bonchev–Trinajstić information content (AvgIpc) is 1.63. The van der Waals surface area contributed by atoms with Crippen molar-refractivity contribution in [1.29, 1.82) is 0 Å². The van der Waals surface area contributed by atoms with Crippen molar-refractivity contribution in [2.45, 2.75) is 6.92 Å². The van der Waals surface area contributed by atoms with E-state index in [1.165, 1.54) is 6.08 Å². The first-order valence-corrected chi connectivity index (χ1v) is 2.47. The topological polar surface area (TPSA) is 58.6 Å². The molecular weight excluding hydrogens is 116 g/mol. The zero-order valence-corrected chi connectivity index (χ0v) is 5.33. The molecule has 0 aromatic carbocycles. The van der Waals surface area contributed by atoms with Crippen LogP contribution >= 0.6 is 0 Å². The number of hydrogen-bond acceptors (Lipinski definition) is 2. The van der Waals surface area contributed by atoms with E-state index >= 15 is 0 Å². The molecule has 0 unspecified atom stereocenters. The third-order valence-electron chi connectivity index (χ3n) is 0.582. The number of allylic oxidation sites excluding steroid dienone is 2. The molecule has 0 aromatic heterocycles. The third-order valence-corrected chi connectivity index (χ3v) is 0.582. The molecule has 3 N–H and O–H groups in total. The lowest BCUT2D eigenvalue weighted by Crippen LogP contribution is -1.89. The second kappa shape index (κ2) is 3.72. The number of rotatable bonds is 2. The smallest absolute Gasteiger partial charge is 0.212 e. The lowest BCUT2D eigenvalue weighted by molar-refractivity contribution is 0.407. The first-order valence-electron chi connectivity index (χ1n) is 2.47. The van der Waals surface area contributed by atoms with Gasteiger partial charge in [-0.2, -0.15) is 0 Å². The minimum Gasteiger partial charge on any atom is -0.493 e. The Bertz CT molecular complexity index is 158. The van der Waals surface area contributed by atoms with Crippen LogP contribution in [0.15, 0.2) is 29.1 Å². The van der Waals surface area contributed by atoms with Crippen LogP contribution < -0.4 is 5.73 Å². The monoisotopic (exact) mass is 126 g/mol. The fourth-order valence-electron chi connectivity index (χ4n) is 0.334. The van der Waals surface area contributed by atoms with Crippen LogP contribution in [0.5, 0.6) is 0 Å². The van der Waals surface area contributed by atoms with Crippen molar-refractivity contribution in [2.24, 2.45) is 10.7 Å². The summed E-state index contributed by atoms with van der Waals surface area (Å²) in [6.45, 7) is 5.28. The van der Waals surface area contributed by atoms with Gasteiger partial charge in [0.05, 0.1) is 6.34 Å². The summed E-state index contributed by atoms with van der Waals surface area (Å²) in [5.74, 6) is -0.120. The molecule has 0 saturated carbocycles. The van der Waals surface area contributed by atoms with Crippen molar-refractivity contribution < 1.29 is 5.11 Å². The number of aliphatic imine (C=N–C) groups is 1. The molecule has 0 heterocycles. The SMILES string of the molecule is C=C(C)/C=C(/O)N=CN. The van der Waals surface area contributed by atoms with E-state index in [4.69, 9.17) is 10.8 Å². The zero-order chi connectivity index (χ0) is 7.28. The maximum atomic E-state index is 8.74. The number of aliphatic hydroxyl groups excluding tert-OH is 1. The summed E-state index contributed by atoms with van der Waals surface area (Å²) in [6, 6.07) is 0. The molecule has 0 amide bonds. The molecular formula is C6H10N2O. The van der Waals surface area contributed by atoms with E-state index in [1.54, 1.807) is 6.92 Å². The molecule has 3 heteroatoms. The van der Waals surface area contributed by atoms with Crippen molar-refractivity contribution in [2.75, 3.05) is 0 Å². The highest BCUT2D eigenvalue weighted by molar-refractivity contribution is 5.52. The third kappa shape index (κ3) is 4.61. The molecule has 0 aliphatic carbocycles. The number of aliphatic hydroxyl groups is 1. The van der Waals surface area contributed by atoms with E-state index < -0.39 is 0 Å². The number of hydrogen-bond donors (Lipinski definition) is 2. The van der Waals surface area contributed by atoms with Gasteiger partial charge in [-0.3, -0.25) is 0 Å². The van der Waals surface area contributed by atoms with Gasteiger partial charge < -0.3 is 10.8 Å². The van der Waals surface area contributed by atoms with Gasteiger partial charge >= 0.3 is 0 Å². The molecule has 0 rings (SSSR count). The van der Waals surface area contributed by atoms with Crippen LogP contribution in [0, 0.1) is 0 Å². The van der Waals surface area contributed by atoms with Crippen LogP contribution in [0.4, 0.5) is 0 Å². The lowest BCUT2D eigenvalue weighted by atomic mass is 10.3. The summed E-state index contributed by atoms with van der Waals surface area (Å²) >= 11 is 0. The minimum atomic E-state index is -0.120. The van der Waals surface area contributed by atoms with Crippen LogP contribution in [0.3, 0.4) is 0 Å². The maximum Gasteiger partial charge on any atom is 0.212 e. The second-order valence-corrected chi connectivity index (χ2v) is 1.63. The molecule has 0 fully saturated rings. The Morgan fingerprint density at radius 1 is 1.78 bits per heavy atom. The van der Waals surface area contributed by atoms with Gasteiger partial charge in [0.25, 0.3) is 0 Å². The highest BCUT2D eigenvalue weighted by atomic mass is 16.3. The molecule has 50 valence electrons. The lowest BCUT2D eigenvalue weighted by Gasteiger charge is -1.87. The summed E-state index contributed by atoms with van der Waals surface area (Å²) in [6.07, 6.45) is 2.44. The molecule has 3 nitrogen and oxygen atoms in total. The fourth-order valence-corrected chi connectivity index (χ4v) is 0.334. The largest absolute Gasteiger partial charge is 0.493 e. The Labute approximate surface area is 54.2 Å². The molecule has 0 radical (unpaired) electrons. The fraction of sp³-hybridized carbons (Fsp3) is 0.167. The average molecular weight is 126 g/mol. The minimum absolute atomic E-state index is 0.120. The van der Waals surface area contributed by atoms with Crippen molar-refractivity contribution >= 4 is 6.34 Å². The van der Waals surface area contributed by atoms with E-state index in [0.717, 1.165) is 11.9 Å². The molecule has 0 atom stereocenters. The normalized spacial score (nSPS) is 12.3. The van der Waals surface area contributed by atoms with Gasteiger partial charge in [-0.05, 0) is 6.92 Å². The van der Waals surface area contributed by atoms with Crippen molar-refractivity contribution in [3.8, 4) is 0 Å². The van der Waals surface area contributed by atoms with Crippen LogP contribution in [0.2, 0.25) is 0 Å². The summed E-state index contributed by atoms with van der Waals surface area (Å²) in [7, 11) is 0. The van der Waals surface area contributed by atoms with E-state index in [0.29, 0.717) is 0 Å². The van der Waals surface area contributed by atoms with E-state index in [2.05, 4.69) is 11.6 Å². The van der Waals surface area contributed by atoms with Gasteiger partial charge in [-0.1, -0.05) is 12.2 Å². The molecule has 9 heavy (non-hydrogen) atoms. The highest BCUT2D eigenvalue weighted by Gasteiger charge is 1.82. The molecule has 0 spiro atoms.